The van der Waals surface area contributed by atoms with Gasteiger partial charge in [-0.05, 0) is 100 Å². The molecule has 2 saturated heterocycles. The Hall–Kier alpha value is -4.73. The summed E-state index contributed by atoms with van der Waals surface area (Å²) < 4.78 is 5.95. The smallest absolute Gasteiger partial charge is 0.246 e. The lowest BCUT2D eigenvalue weighted by atomic mass is 9.49. The highest BCUT2D eigenvalue weighted by molar-refractivity contribution is 9.10. The quantitative estimate of drug-likeness (QED) is 0.159. The molecule has 3 fully saturated rings. The molecule has 6 atom stereocenters. The normalized spacial score (nSPS) is 26.9. The number of fused-ring (bicyclic) bond motifs is 4. The molecule has 2 aliphatic carbocycles. The van der Waals surface area contributed by atoms with Gasteiger partial charge in [-0.1, -0.05) is 78.7 Å². The first kappa shape index (κ1) is 33.4. The summed E-state index contributed by atoms with van der Waals surface area (Å²) in [6.45, 7) is 2.04. The van der Waals surface area contributed by atoms with Crippen LogP contribution in [0.4, 0.5) is 11.4 Å². The van der Waals surface area contributed by atoms with E-state index in [4.69, 9.17) is 16.3 Å². The van der Waals surface area contributed by atoms with E-state index in [1.165, 1.54) is 16.9 Å². The number of carbonyl (C=O) groups excluding carboxylic acids is 4. The number of ether oxygens (including phenoxy) is 1. The third-order valence-electron chi connectivity index (χ3n) is 11.4. The van der Waals surface area contributed by atoms with Gasteiger partial charge in [0.25, 0.3) is 0 Å². The maximum atomic E-state index is 15.4. The maximum Gasteiger partial charge on any atom is 0.246 e. The monoisotopic (exact) mass is 764 g/mol. The lowest BCUT2D eigenvalue weighted by Gasteiger charge is -2.50. The van der Waals surface area contributed by atoms with Crippen LogP contribution < -0.4 is 14.5 Å². The van der Waals surface area contributed by atoms with E-state index in [9.17, 15) is 19.5 Å². The number of halogens is 2. The van der Waals surface area contributed by atoms with Crippen LogP contribution in [0.5, 0.6) is 11.5 Å². The average molecular weight is 766 g/mol. The first-order valence-electron chi connectivity index (χ1n) is 17.0. The summed E-state index contributed by atoms with van der Waals surface area (Å²) in [5.74, 6) is -4.83. The van der Waals surface area contributed by atoms with E-state index in [-0.39, 0.29) is 29.7 Å². The van der Waals surface area contributed by atoms with Crippen molar-refractivity contribution in [2.45, 2.75) is 37.5 Å². The number of benzene rings is 4. The van der Waals surface area contributed by atoms with Crippen LogP contribution in [0.25, 0.3) is 0 Å². The van der Waals surface area contributed by atoms with Crippen LogP contribution in [0.15, 0.2) is 107 Å². The summed E-state index contributed by atoms with van der Waals surface area (Å²) in [6, 6.07) is 26.9. The molecule has 51 heavy (non-hydrogen) atoms. The van der Waals surface area contributed by atoms with Crippen molar-refractivity contribution in [2.75, 3.05) is 16.9 Å². The van der Waals surface area contributed by atoms with Crippen LogP contribution in [0, 0.1) is 23.7 Å². The minimum atomic E-state index is -1.45. The number of nitrogens with zero attached hydrogens (tertiary/aromatic N) is 2. The largest absolute Gasteiger partial charge is 0.503 e. The van der Waals surface area contributed by atoms with E-state index in [0.29, 0.717) is 38.4 Å². The zero-order chi connectivity index (χ0) is 35.8. The molecule has 8 rings (SSSR count). The molecule has 8 nitrogen and oxygen atoms in total. The Labute approximate surface area is 308 Å². The summed E-state index contributed by atoms with van der Waals surface area (Å²) in [7, 11) is 1.45. The number of phenols is 1. The number of aryl methyl sites for hydroxylation is 1. The van der Waals surface area contributed by atoms with Gasteiger partial charge in [0, 0.05) is 10.9 Å². The molecule has 2 aliphatic heterocycles. The zero-order valence-electron chi connectivity index (χ0n) is 27.9. The van der Waals surface area contributed by atoms with Gasteiger partial charge in [0.15, 0.2) is 11.5 Å². The lowest BCUT2D eigenvalue weighted by molar-refractivity contribution is -0.127. The van der Waals surface area contributed by atoms with Crippen LogP contribution in [0.1, 0.15) is 42.4 Å². The second-order valence-electron chi connectivity index (χ2n) is 13.7. The molecule has 10 heteroatoms. The number of phenolic OH excluding ortho intramolecular Hbond substituents is 1. The van der Waals surface area contributed by atoms with Crippen molar-refractivity contribution in [2.24, 2.45) is 23.7 Å². The maximum absolute atomic E-state index is 15.4. The van der Waals surface area contributed by atoms with Gasteiger partial charge in [0.2, 0.25) is 23.6 Å². The number of carbonyl (C=O) groups is 4. The Morgan fingerprint density at radius 2 is 1.61 bits per heavy atom. The fraction of sp³-hybridized carbons (Fsp3) is 0.268. The van der Waals surface area contributed by atoms with E-state index >= 15 is 4.79 Å². The van der Waals surface area contributed by atoms with Crippen LogP contribution in [0.3, 0.4) is 0 Å². The van der Waals surface area contributed by atoms with E-state index < -0.39 is 46.8 Å². The molecule has 2 heterocycles. The third kappa shape index (κ3) is 4.84. The molecule has 258 valence electrons. The Kier molecular flexibility index (Phi) is 8.19. The number of aromatic hydroxyl groups is 1. The van der Waals surface area contributed by atoms with Crippen LogP contribution in [-0.4, -0.2) is 35.8 Å². The van der Waals surface area contributed by atoms with Crippen molar-refractivity contribution < 1.29 is 29.0 Å². The summed E-state index contributed by atoms with van der Waals surface area (Å²) in [5, 5.41) is 11.3. The minimum Gasteiger partial charge on any atom is -0.503 e. The predicted molar refractivity (Wildman–Crippen MR) is 197 cm³/mol. The molecule has 0 spiro atoms. The van der Waals surface area contributed by atoms with Crippen molar-refractivity contribution in [1.29, 1.82) is 0 Å². The van der Waals surface area contributed by atoms with E-state index in [1.807, 2.05) is 67.6 Å². The summed E-state index contributed by atoms with van der Waals surface area (Å²) in [4.78, 5) is 61.5. The van der Waals surface area contributed by atoms with Crippen molar-refractivity contribution in [3.05, 3.63) is 129 Å². The van der Waals surface area contributed by atoms with Gasteiger partial charge in [-0.15, -0.1) is 0 Å². The summed E-state index contributed by atoms with van der Waals surface area (Å²) >= 11 is 9.91. The number of allylic oxidation sites excluding steroid dienone is 2. The summed E-state index contributed by atoms with van der Waals surface area (Å²) in [6.07, 6.45) is 3.32. The Morgan fingerprint density at radius 1 is 0.863 bits per heavy atom. The standard InChI is InChI=1S/C41H34BrClN2O6/c1-3-22-12-14-26(15-13-22)44-37(47)29-17-16-28-30(34(29)39(44)49)21-31-38(48)45(27-11-7-10-25(43)20-27)40(50)41(31,24-8-5-4-6-9-24)35(28)23-18-32(42)36(46)33(19-23)51-2/h4-16,18-20,29-31,34-35,46H,3,17,21H2,1-2H3/t29-,30+,31-,34-,35-,41+/m0/s1. The topological polar surface area (TPSA) is 104 Å². The number of amides is 4. The highest BCUT2D eigenvalue weighted by Gasteiger charge is 2.70. The second kappa shape index (κ2) is 12.5. The van der Waals surface area contributed by atoms with Crippen LogP contribution in [-0.2, 0) is 31.0 Å². The number of methoxy groups -OCH3 is 1. The highest BCUT2D eigenvalue weighted by Crippen LogP contribution is 2.65. The van der Waals surface area contributed by atoms with Crippen LogP contribution >= 0.6 is 27.5 Å². The molecule has 0 aromatic heterocycles. The fourth-order valence-electron chi connectivity index (χ4n) is 9.17. The fourth-order valence-corrected chi connectivity index (χ4v) is 9.81. The molecule has 4 aliphatic rings. The average Bonchev–Trinajstić information content (AvgIpc) is 3.53. The molecule has 4 amide bonds. The molecule has 0 unspecified atom stereocenters. The molecule has 0 radical (unpaired) electrons. The molecule has 1 saturated carbocycles. The first-order chi connectivity index (χ1) is 24.6. The molecule has 0 bridgehead atoms. The van der Waals surface area contributed by atoms with Gasteiger partial charge in [-0.3, -0.25) is 24.1 Å². The molecular weight excluding hydrogens is 732 g/mol. The third-order valence-corrected chi connectivity index (χ3v) is 12.2. The van der Waals surface area contributed by atoms with Gasteiger partial charge in [-0.2, -0.15) is 0 Å². The van der Waals surface area contributed by atoms with E-state index in [0.717, 1.165) is 17.6 Å². The van der Waals surface area contributed by atoms with Crippen molar-refractivity contribution in [3.8, 4) is 11.5 Å². The summed E-state index contributed by atoms with van der Waals surface area (Å²) in [5.41, 5.74) is 2.62. The van der Waals surface area contributed by atoms with Crippen molar-refractivity contribution in [1.82, 2.24) is 0 Å². The number of imide groups is 2. The van der Waals surface area contributed by atoms with Gasteiger partial charge < -0.3 is 9.84 Å². The Morgan fingerprint density at radius 3 is 2.29 bits per heavy atom. The molecule has 1 N–H and O–H groups in total. The Balaban J connectivity index is 1.36. The van der Waals surface area contributed by atoms with Gasteiger partial charge in [-0.25, -0.2) is 4.90 Å². The van der Waals surface area contributed by atoms with Crippen molar-refractivity contribution in [3.63, 3.8) is 0 Å². The van der Waals surface area contributed by atoms with Gasteiger partial charge in [0.05, 0.1) is 46.1 Å². The zero-order valence-corrected chi connectivity index (χ0v) is 30.2. The Bertz CT molecular complexity index is 2150. The SMILES string of the molecule is CCc1ccc(N2C(=O)[C@H]3[C@H](CC=C4[C@H]3C[C@H]3C(=O)N(c5cccc(Cl)c5)C(=O)[C@@]3(c3ccccc3)[C@H]4c3cc(Br)c(O)c(OC)c3)C2=O)cc1. The van der Waals surface area contributed by atoms with Gasteiger partial charge >= 0.3 is 0 Å². The van der Waals surface area contributed by atoms with Crippen molar-refractivity contribution >= 4 is 62.5 Å². The van der Waals surface area contributed by atoms with Crippen LogP contribution in [0.2, 0.25) is 5.02 Å². The van der Waals surface area contributed by atoms with E-state index in [2.05, 4.69) is 15.9 Å². The number of hydrogen-bond donors (Lipinski definition) is 1. The highest BCUT2D eigenvalue weighted by atomic mass is 79.9. The molecule has 4 aromatic rings. The van der Waals surface area contributed by atoms with E-state index in [1.54, 1.807) is 36.4 Å². The molecular formula is C41H34BrClN2O6. The van der Waals surface area contributed by atoms with Gasteiger partial charge in [0.1, 0.15) is 0 Å². The first-order valence-corrected chi connectivity index (χ1v) is 18.2. The minimum absolute atomic E-state index is 0.104. The predicted octanol–water partition coefficient (Wildman–Crippen LogP) is 7.75. The second-order valence-corrected chi connectivity index (χ2v) is 15.0. The number of hydrogen-bond acceptors (Lipinski definition) is 6. The lowest BCUT2D eigenvalue weighted by Crippen LogP contribution is -2.53. The number of rotatable bonds is 6. The molecule has 4 aromatic carbocycles. The number of anilines is 2.